The maximum atomic E-state index is 3.59. The Hall–Kier alpha value is -1.96. The monoisotopic (exact) mass is 282 g/mol. The summed E-state index contributed by atoms with van der Waals surface area (Å²) in [6.07, 6.45) is 1.09. The molecule has 21 heavy (non-hydrogen) atoms. The van der Waals surface area contributed by atoms with Gasteiger partial charge in [-0.1, -0.05) is 37.3 Å². The highest BCUT2D eigenvalue weighted by atomic mass is 15.1. The first-order valence-electron chi connectivity index (χ1n) is 7.64. The van der Waals surface area contributed by atoms with Crippen LogP contribution in [-0.2, 0) is 6.42 Å². The number of hydrogen-bond acceptors (Lipinski definition) is 2. The van der Waals surface area contributed by atoms with Crippen LogP contribution in [-0.4, -0.2) is 14.1 Å². The zero-order valence-electron chi connectivity index (χ0n) is 13.8. The summed E-state index contributed by atoms with van der Waals surface area (Å²) in [7, 11) is 4.16. The van der Waals surface area contributed by atoms with E-state index in [1.54, 1.807) is 0 Å². The summed E-state index contributed by atoms with van der Waals surface area (Å²) in [6.45, 7) is 6.54. The zero-order chi connectivity index (χ0) is 15.4. The average Bonchev–Trinajstić information content (AvgIpc) is 2.49. The minimum absolute atomic E-state index is 0.300. The van der Waals surface area contributed by atoms with Crippen LogP contribution in [0.25, 0.3) is 0 Å². The van der Waals surface area contributed by atoms with E-state index >= 15 is 0 Å². The molecule has 2 heteroatoms. The van der Waals surface area contributed by atoms with E-state index in [4.69, 9.17) is 0 Å². The Morgan fingerprint density at radius 3 is 2.29 bits per heavy atom. The van der Waals surface area contributed by atoms with Crippen molar-refractivity contribution < 1.29 is 0 Å². The Kier molecular flexibility index (Phi) is 4.89. The number of nitrogens with zero attached hydrogens (tertiary/aromatic N) is 1. The van der Waals surface area contributed by atoms with Gasteiger partial charge in [0, 0.05) is 31.5 Å². The standard InChI is InChI=1S/C19H26N2/c1-6-16-8-10-17(11-9-16)15(3)20-18-12-7-14(2)19(13-18)21(4)5/h7-13,15,20H,6H2,1-5H3. The molecule has 0 amide bonds. The molecule has 0 aliphatic rings. The van der Waals surface area contributed by atoms with Crippen LogP contribution in [0.5, 0.6) is 0 Å². The van der Waals surface area contributed by atoms with Crippen molar-refractivity contribution in [1.82, 2.24) is 0 Å². The predicted octanol–water partition coefficient (Wildman–Crippen LogP) is 4.80. The van der Waals surface area contributed by atoms with E-state index < -0.39 is 0 Å². The van der Waals surface area contributed by atoms with Gasteiger partial charge in [0.15, 0.2) is 0 Å². The lowest BCUT2D eigenvalue weighted by molar-refractivity contribution is 0.882. The van der Waals surface area contributed by atoms with Crippen LogP contribution in [0.15, 0.2) is 42.5 Å². The topological polar surface area (TPSA) is 15.3 Å². The number of anilines is 2. The largest absolute Gasteiger partial charge is 0.378 e. The molecule has 0 heterocycles. The highest BCUT2D eigenvalue weighted by Crippen LogP contribution is 2.26. The number of hydrogen-bond donors (Lipinski definition) is 1. The molecule has 0 aliphatic carbocycles. The molecule has 0 fully saturated rings. The molecule has 1 atom stereocenters. The molecule has 0 radical (unpaired) electrons. The number of aryl methyl sites for hydroxylation is 2. The minimum Gasteiger partial charge on any atom is -0.378 e. The van der Waals surface area contributed by atoms with Crippen molar-refractivity contribution >= 4 is 11.4 Å². The van der Waals surface area contributed by atoms with Crippen molar-refractivity contribution in [1.29, 1.82) is 0 Å². The van der Waals surface area contributed by atoms with E-state index in [1.165, 1.54) is 22.4 Å². The highest BCUT2D eigenvalue weighted by molar-refractivity contribution is 5.62. The summed E-state index contributed by atoms with van der Waals surface area (Å²) in [6, 6.07) is 15.7. The molecule has 0 bridgehead atoms. The van der Waals surface area contributed by atoms with Crippen molar-refractivity contribution in [3.8, 4) is 0 Å². The van der Waals surface area contributed by atoms with Crippen LogP contribution in [0.4, 0.5) is 11.4 Å². The van der Waals surface area contributed by atoms with E-state index in [0.29, 0.717) is 6.04 Å². The Labute approximate surface area is 128 Å². The van der Waals surface area contributed by atoms with Crippen LogP contribution >= 0.6 is 0 Å². The van der Waals surface area contributed by atoms with Crippen LogP contribution in [0.3, 0.4) is 0 Å². The normalized spacial score (nSPS) is 12.0. The molecule has 0 saturated heterocycles. The smallest absolute Gasteiger partial charge is 0.0485 e. The van der Waals surface area contributed by atoms with Gasteiger partial charge in [0.1, 0.15) is 0 Å². The second kappa shape index (κ2) is 6.66. The van der Waals surface area contributed by atoms with Crippen LogP contribution in [0.2, 0.25) is 0 Å². The number of rotatable bonds is 5. The third kappa shape index (κ3) is 3.78. The molecule has 1 unspecified atom stereocenters. The zero-order valence-corrected chi connectivity index (χ0v) is 13.8. The lowest BCUT2D eigenvalue weighted by Gasteiger charge is -2.20. The second-order valence-electron chi connectivity index (χ2n) is 5.86. The number of benzene rings is 2. The molecular formula is C19H26N2. The summed E-state index contributed by atoms with van der Waals surface area (Å²) in [5.41, 5.74) is 6.42. The van der Waals surface area contributed by atoms with Crippen LogP contribution in [0.1, 0.15) is 36.6 Å². The average molecular weight is 282 g/mol. The maximum absolute atomic E-state index is 3.59. The van der Waals surface area contributed by atoms with Gasteiger partial charge in [-0.3, -0.25) is 0 Å². The van der Waals surface area contributed by atoms with Gasteiger partial charge in [-0.05, 0) is 49.1 Å². The summed E-state index contributed by atoms with van der Waals surface area (Å²) in [4.78, 5) is 2.15. The van der Waals surface area contributed by atoms with Gasteiger partial charge in [-0.25, -0.2) is 0 Å². The van der Waals surface area contributed by atoms with Gasteiger partial charge in [0.25, 0.3) is 0 Å². The molecule has 1 N–H and O–H groups in total. The molecule has 2 rings (SSSR count). The lowest BCUT2D eigenvalue weighted by Crippen LogP contribution is -2.12. The summed E-state index contributed by atoms with van der Waals surface area (Å²) >= 11 is 0. The summed E-state index contributed by atoms with van der Waals surface area (Å²) < 4.78 is 0. The van der Waals surface area contributed by atoms with E-state index in [-0.39, 0.29) is 0 Å². The third-order valence-corrected chi connectivity index (χ3v) is 3.96. The molecule has 112 valence electrons. The first-order valence-corrected chi connectivity index (χ1v) is 7.64. The minimum atomic E-state index is 0.300. The summed E-state index contributed by atoms with van der Waals surface area (Å²) in [5, 5.41) is 3.59. The molecule has 0 saturated carbocycles. The Balaban J connectivity index is 2.14. The molecule has 0 spiro atoms. The maximum Gasteiger partial charge on any atom is 0.0485 e. The fourth-order valence-corrected chi connectivity index (χ4v) is 2.56. The summed E-state index contributed by atoms with van der Waals surface area (Å²) in [5.74, 6) is 0. The van der Waals surface area contributed by atoms with E-state index in [0.717, 1.165) is 12.1 Å². The van der Waals surface area contributed by atoms with Gasteiger partial charge in [0.05, 0.1) is 0 Å². The second-order valence-corrected chi connectivity index (χ2v) is 5.86. The first-order chi connectivity index (χ1) is 10.0. The van der Waals surface area contributed by atoms with Crippen molar-refractivity contribution in [2.24, 2.45) is 0 Å². The SMILES string of the molecule is CCc1ccc(C(C)Nc2ccc(C)c(N(C)C)c2)cc1. The quantitative estimate of drug-likeness (QED) is 0.847. The molecule has 2 nitrogen and oxygen atoms in total. The van der Waals surface area contributed by atoms with Crippen molar-refractivity contribution in [3.05, 3.63) is 59.2 Å². The van der Waals surface area contributed by atoms with E-state index in [2.05, 4.69) is 87.5 Å². The fraction of sp³-hybridized carbons (Fsp3) is 0.368. The van der Waals surface area contributed by atoms with Gasteiger partial charge in [0.2, 0.25) is 0 Å². The van der Waals surface area contributed by atoms with E-state index in [9.17, 15) is 0 Å². The predicted molar refractivity (Wildman–Crippen MR) is 93.4 cm³/mol. The van der Waals surface area contributed by atoms with Crippen LogP contribution < -0.4 is 10.2 Å². The highest BCUT2D eigenvalue weighted by Gasteiger charge is 2.07. The third-order valence-electron chi connectivity index (χ3n) is 3.96. The first kappa shape index (κ1) is 15.4. The Morgan fingerprint density at radius 1 is 1.05 bits per heavy atom. The lowest BCUT2D eigenvalue weighted by atomic mass is 10.0. The Morgan fingerprint density at radius 2 is 1.71 bits per heavy atom. The van der Waals surface area contributed by atoms with Gasteiger partial charge in [-0.15, -0.1) is 0 Å². The van der Waals surface area contributed by atoms with E-state index in [1.807, 2.05) is 0 Å². The van der Waals surface area contributed by atoms with Crippen molar-refractivity contribution in [2.75, 3.05) is 24.3 Å². The van der Waals surface area contributed by atoms with Gasteiger partial charge >= 0.3 is 0 Å². The Bertz CT molecular complexity index is 585. The fourth-order valence-electron chi connectivity index (χ4n) is 2.56. The van der Waals surface area contributed by atoms with Gasteiger partial charge in [-0.2, -0.15) is 0 Å². The molecule has 2 aromatic carbocycles. The van der Waals surface area contributed by atoms with Crippen molar-refractivity contribution in [2.45, 2.75) is 33.2 Å². The molecule has 0 aromatic heterocycles. The molecule has 0 aliphatic heterocycles. The number of nitrogens with one attached hydrogen (secondary N) is 1. The molecule has 2 aromatic rings. The van der Waals surface area contributed by atoms with Crippen molar-refractivity contribution in [3.63, 3.8) is 0 Å². The van der Waals surface area contributed by atoms with Gasteiger partial charge < -0.3 is 10.2 Å². The molecular weight excluding hydrogens is 256 g/mol. The van der Waals surface area contributed by atoms with Crippen LogP contribution in [0, 0.1) is 6.92 Å².